The molecule has 7 nitrogen and oxygen atoms in total. The summed E-state index contributed by atoms with van der Waals surface area (Å²) in [4.78, 5) is 25.1. The van der Waals surface area contributed by atoms with E-state index < -0.39 is 27.8 Å². The zero-order valence-corrected chi connectivity index (χ0v) is 17.3. The van der Waals surface area contributed by atoms with E-state index >= 15 is 0 Å². The summed E-state index contributed by atoms with van der Waals surface area (Å²) in [6, 6.07) is 10.4. The molecule has 0 bridgehead atoms. The van der Waals surface area contributed by atoms with Crippen LogP contribution in [0.3, 0.4) is 0 Å². The fourth-order valence-corrected chi connectivity index (χ4v) is 3.95. The number of benzene rings is 2. The van der Waals surface area contributed by atoms with Crippen LogP contribution in [-0.4, -0.2) is 39.1 Å². The van der Waals surface area contributed by atoms with Gasteiger partial charge in [-0.25, -0.2) is 12.8 Å². The highest BCUT2D eigenvalue weighted by molar-refractivity contribution is 7.92. The molecule has 2 aromatic carbocycles. The summed E-state index contributed by atoms with van der Waals surface area (Å²) in [7, 11) is -3.96. The van der Waals surface area contributed by atoms with Gasteiger partial charge in [-0.3, -0.25) is 13.9 Å². The van der Waals surface area contributed by atoms with E-state index in [0.29, 0.717) is 6.54 Å². The number of hydrogen-bond donors (Lipinski definition) is 2. The largest absolute Gasteiger partial charge is 0.352 e. The van der Waals surface area contributed by atoms with Gasteiger partial charge in [0.25, 0.3) is 5.91 Å². The molecule has 0 radical (unpaired) electrons. The lowest BCUT2D eigenvalue weighted by Crippen LogP contribution is -2.46. The van der Waals surface area contributed by atoms with Gasteiger partial charge in [-0.2, -0.15) is 0 Å². The molecule has 0 saturated carbocycles. The van der Waals surface area contributed by atoms with Crippen molar-refractivity contribution in [3.8, 4) is 0 Å². The lowest BCUT2D eigenvalue weighted by molar-refractivity contribution is -0.116. The van der Waals surface area contributed by atoms with Gasteiger partial charge in [0.2, 0.25) is 15.9 Å². The summed E-state index contributed by atoms with van der Waals surface area (Å²) in [5.74, 6) is -1.82. The lowest BCUT2D eigenvalue weighted by Gasteiger charge is -2.28. The molecule has 0 aliphatic rings. The molecule has 0 unspecified atom stereocenters. The van der Waals surface area contributed by atoms with Gasteiger partial charge in [0.15, 0.2) is 0 Å². The molecule has 2 rings (SSSR count). The standard InChI is InChI=1S/C20H24FN3O4S/c1-4-13-22-20(26)15-9-5-7-11-17(15)23-19(25)14(2)24(29(3,27)28)18-12-8-6-10-16(18)21/h5-12,14H,4,13H2,1-3H3,(H,22,26)(H,23,25)/t14-/m1/s1. The first-order chi connectivity index (χ1) is 13.7. The molecule has 2 aromatic rings. The summed E-state index contributed by atoms with van der Waals surface area (Å²) in [5.41, 5.74) is 0.254. The van der Waals surface area contributed by atoms with Crippen LogP contribution < -0.4 is 14.9 Å². The number of nitrogens with zero attached hydrogens (tertiary/aromatic N) is 1. The van der Waals surface area contributed by atoms with Crippen molar-refractivity contribution in [2.24, 2.45) is 0 Å². The van der Waals surface area contributed by atoms with E-state index in [4.69, 9.17) is 0 Å². The quantitative estimate of drug-likeness (QED) is 0.685. The Morgan fingerprint density at radius 3 is 2.34 bits per heavy atom. The van der Waals surface area contributed by atoms with Crippen LogP contribution in [0.4, 0.5) is 15.8 Å². The first-order valence-electron chi connectivity index (χ1n) is 9.08. The van der Waals surface area contributed by atoms with Crippen LogP contribution in [0.2, 0.25) is 0 Å². The number of rotatable bonds is 8. The van der Waals surface area contributed by atoms with Crippen LogP contribution in [0, 0.1) is 5.82 Å². The van der Waals surface area contributed by atoms with E-state index in [0.717, 1.165) is 23.0 Å². The maximum Gasteiger partial charge on any atom is 0.253 e. The molecular formula is C20H24FN3O4S. The van der Waals surface area contributed by atoms with E-state index in [1.54, 1.807) is 24.3 Å². The van der Waals surface area contributed by atoms with Crippen molar-refractivity contribution in [1.29, 1.82) is 0 Å². The van der Waals surface area contributed by atoms with Gasteiger partial charge in [-0.1, -0.05) is 31.2 Å². The molecule has 2 N–H and O–H groups in total. The minimum atomic E-state index is -3.96. The maximum absolute atomic E-state index is 14.2. The van der Waals surface area contributed by atoms with Gasteiger partial charge in [0.1, 0.15) is 11.9 Å². The fourth-order valence-electron chi connectivity index (χ4n) is 2.77. The number of halogens is 1. The normalized spacial score (nSPS) is 12.1. The van der Waals surface area contributed by atoms with Crippen LogP contribution >= 0.6 is 0 Å². The summed E-state index contributed by atoms with van der Waals surface area (Å²) in [6.45, 7) is 3.74. The molecule has 0 aliphatic heterocycles. The average Bonchev–Trinajstić information content (AvgIpc) is 2.67. The van der Waals surface area contributed by atoms with E-state index in [-0.39, 0.29) is 22.8 Å². The predicted octanol–water partition coefficient (Wildman–Crippen LogP) is 2.76. The Morgan fingerprint density at radius 2 is 1.72 bits per heavy atom. The van der Waals surface area contributed by atoms with Crippen molar-refractivity contribution in [2.75, 3.05) is 22.4 Å². The Balaban J connectivity index is 2.32. The smallest absolute Gasteiger partial charge is 0.253 e. The number of nitrogens with one attached hydrogen (secondary N) is 2. The molecule has 1 atom stereocenters. The fraction of sp³-hybridized carbons (Fsp3) is 0.300. The molecule has 0 spiro atoms. The lowest BCUT2D eigenvalue weighted by atomic mass is 10.1. The molecule has 156 valence electrons. The Morgan fingerprint density at radius 1 is 1.10 bits per heavy atom. The number of amides is 2. The maximum atomic E-state index is 14.2. The SMILES string of the molecule is CCCNC(=O)c1ccccc1NC(=O)[C@@H](C)N(c1ccccc1F)S(C)(=O)=O. The van der Waals surface area contributed by atoms with Crippen molar-refractivity contribution in [3.05, 3.63) is 59.9 Å². The second kappa shape index (κ2) is 9.51. The molecule has 0 aliphatic carbocycles. The van der Waals surface area contributed by atoms with E-state index in [1.165, 1.54) is 25.1 Å². The van der Waals surface area contributed by atoms with Crippen molar-refractivity contribution in [2.45, 2.75) is 26.3 Å². The molecule has 0 saturated heterocycles. The highest BCUT2D eigenvalue weighted by atomic mass is 32.2. The third kappa shape index (κ3) is 5.54. The van der Waals surface area contributed by atoms with Crippen LogP contribution in [0.5, 0.6) is 0 Å². The van der Waals surface area contributed by atoms with Crippen LogP contribution in [0.1, 0.15) is 30.6 Å². The second-order valence-corrected chi connectivity index (χ2v) is 8.34. The third-order valence-electron chi connectivity index (χ3n) is 4.14. The zero-order chi connectivity index (χ0) is 21.6. The van der Waals surface area contributed by atoms with Crippen LogP contribution in [0.25, 0.3) is 0 Å². The second-order valence-electron chi connectivity index (χ2n) is 6.48. The Hall–Kier alpha value is -2.94. The van der Waals surface area contributed by atoms with Gasteiger partial charge in [-0.05, 0) is 37.6 Å². The highest BCUT2D eigenvalue weighted by Gasteiger charge is 2.31. The van der Waals surface area contributed by atoms with E-state index in [2.05, 4.69) is 10.6 Å². The summed E-state index contributed by atoms with van der Waals surface area (Å²) in [5, 5.41) is 5.31. The number of hydrogen-bond acceptors (Lipinski definition) is 4. The summed E-state index contributed by atoms with van der Waals surface area (Å²) >= 11 is 0. The number of sulfonamides is 1. The van der Waals surface area contributed by atoms with Gasteiger partial charge in [0, 0.05) is 6.54 Å². The summed E-state index contributed by atoms with van der Waals surface area (Å²) < 4.78 is 39.5. The molecule has 0 heterocycles. The Labute approximate surface area is 170 Å². The first kappa shape index (κ1) is 22.4. The molecular weight excluding hydrogens is 397 g/mol. The number of para-hydroxylation sites is 2. The minimum absolute atomic E-state index is 0.230. The topological polar surface area (TPSA) is 95.6 Å². The number of carbonyl (C=O) groups excluding carboxylic acids is 2. The van der Waals surface area contributed by atoms with Crippen molar-refractivity contribution < 1.29 is 22.4 Å². The number of anilines is 2. The van der Waals surface area contributed by atoms with Gasteiger partial charge < -0.3 is 10.6 Å². The van der Waals surface area contributed by atoms with Crippen molar-refractivity contribution >= 4 is 33.2 Å². The van der Waals surface area contributed by atoms with Crippen molar-refractivity contribution in [3.63, 3.8) is 0 Å². The molecule has 0 fully saturated rings. The van der Waals surface area contributed by atoms with Crippen molar-refractivity contribution in [1.82, 2.24) is 5.32 Å². The third-order valence-corrected chi connectivity index (χ3v) is 5.37. The highest BCUT2D eigenvalue weighted by Crippen LogP contribution is 2.25. The number of carbonyl (C=O) groups is 2. The van der Waals surface area contributed by atoms with Crippen LogP contribution in [-0.2, 0) is 14.8 Å². The molecule has 9 heteroatoms. The van der Waals surface area contributed by atoms with Gasteiger partial charge >= 0.3 is 0 Å². The molecule has 2 amide bonds. The molecule has 0 aromatic heterocycles. The zero-order valence-electron chi connectivity index (χ0n) is 16.5. The Kier molecular flexibility index (Phi) is 7.33. The van der Waals surface area contributed by atoms with Crippen LogP contribution in [0.15, 0.2) is 48.5 Å². The minimum Gasteiger partial charge on any atom is -0.352 e. The monoisotopic (exact) mass is 421 g/mol. The summed E-state index contributed by atoms with van der Waals surface area (Å²) in [6.07, 6.45) is 1.65. The Bertz CT molecular complexity index is 995. The van der Waals surface area contributed by atoms with Gasteiger partial charge in [0.05, 0.1) is 23.2 Å². The molecule has 29 heavy (non-hydrogen) atoms. The van der Waals surface area contributed by atoms with E-state index in [1.807, 2.05) is 6.92 Å². The first-order valence-corrected chi connectivity index (χ1v) is 10.9. The average molecular weight is 421 g/mol. The van der Waals surface area contributed by atoms with Gasteiger partial charge in [-0.15, -0.1) is 0 Å². The van der Waals surface area contributed by atoms with E-state index in [9.17, 15) is 22.4 Å². The predicted molar refractivity (Wildman–Crippen MR) is 111 cm³/mol.